The first-order valence-electron chi connectivity index (χ1n) is 11.6. The van der Waals surface area contributed by atoms with Gasteiger partial charge in [0, 0.05) is 49.4 Å². The quantitative estimate of drug-likeness (QED) is 0.432. The first-order valence-corrected chi connectivity index (χ1v) is 11.6. The van der Waals surface area contributed by atoms with E-state index in [-0.39, 0.29) is 5.91 Å². The topological polar surface area (TPSA) is 86.3 Å². The van der Waals surface area contributed by atoms with Gasteiger partial charge in [-0.25, -0.2) is 0 Å². The molecule has 5 rings (SSSR count). The van der Waals surface area contributed by atoms with Crippen molar-refractivity contribution in [2.45, 2.75) is 13.5 Å². The molecule has 0 bridgehead atoms. The fourth-order valence-corrected chi connectivity index (χ4v) is 4.22. The molecule has 174 valence electrons. The second-order valence-corrected chi connectivity index (χ2v) is 8.74. The molecule has 1 amide bonds. The molecule has 1 aliphatic rings. The Balaban J connectivity index is 1.18. The number of hydrogen-bond donors (Lipinski definition) is 0. The Kier molecular flexibility index (Phi) is 6.38. The number of piperazine rings is 1. The highest BCUT2D eigenvalue weighted by atomic mass is 16.4. The van der Waals surface area contributed by atoms with Crippen molar-refractivity contribution in [1.29, 1.82) is 5.26 Å². The Bertz CT molecular complexity index is 1360. The minimum absolute atomic E-state index is 0.0283. The SMILES string of the molecule is Cc1cccc(-c2nnc(-c3ccc(C(=O)N4CCN(Cc5ccc(C#N)cc5)CC4)cc3)o2)c1. The molecule has 0 atom stereocenters. The van der Waals surface area contributed by atoms with Gasteiger partial charge in [-0.1, -0.05) is 29.8 Å². The van der Waals surface area contributed by atoms with Crippen LogP contribution >= 0.6 is 0 Å². The van der Waals surface area contributed by atoms with E-state index in [0.29, 0.717) is 36.0 Å². The monoisotopic (exact) mass is 463 g/mol. The van der Waals surface area contributed by atoms with Crippen LogP contribution in [0.3, 0.4) is 0 Å². The van der Waals surface area contributed by atoms with Crippen LogP contribution in [0, 0.1) is 18.3 Å². The van der Waals surface area contributed by atoms with Gasteiger partial charge in [-0.2, -0.15) is 5.26 Å². The van der Waals surface area contributed by atoms with Crippen LogP contribution in [0.1, 0.15) is 27.0 Å². The number of carbonyl (C=O) groups excluding carboxylic acids is 1. The standard InChI is InChI=1S/C28H25N5O2/c1-20-3-2-4-25(17-20)27-31-30-26(35-27)23-9-11-24(12-10-23)28(34)33-15-13-32(14-16-33)19-22-7-5-21(18-29)6-8-22/h2-12,17H,13-16,19H2,1H3. The van der Waals surface area contributed by atoms with E-state index in [0.717, 1.165) is 36.3 Å². The van der Waals surface area contributed by atoms with Crippen LogP contribution < -0.4 is 0 Å². The summed E-state index contributed by atoms with van der Waals surface area (Å²) in [4.78, 5) is 17.3. The molecular formula is C28H25N5O2. The molecule has 0 spiro atoms. The Labute approximate surface area is 204 Å². The summed E-state index contributed by atoms with van der Waals surface area (Å²) < 4.78 is 5.86. The highest BCUT2D eigenvalue weighted by Crippen LogP contribution is 2.25. The van der Waals surface area contributed by atoms with E-state index in [2.05, 4.69) is 21.2 Å². The maximum atomic E-state index is 13.0. The Hall–Kier alpha value is -4.28. The summed E-state index contributed by atoms with van der Waals surface area (Å²) in [7, 11) is 0. The lowest BCUT2D eigenvalue weighted by atomic mass is 10.1. The molecule has 35 heavy (non-hydrogen) atoms. The maximum Gasteiger partial charge on any atom is 0.253 e. The van der Waals surface area contributed by atoms with Crippen molar-refractivity contribution in [3.05, 3.63) is 95.1 Å². The molecule has 4 aromatic rings. The number of hydrogen-bond acceptors (Lipinski definition) is 6. The van der Waals surface area contributed by atoms with Crippen molar-refractivity contribution < 1.29 is 9.21 Å². The molecule has 1 fully saturated rings. The lowest BCUT2D eigenvalue weighted by Crippen LogP contribution is -2.48. The summed E-state index contributed by atoms with van der Waals surface area (Å²) >= 11 is 0. The van der Waals surface area contributed by atoms with Gasteiger partial charge in [0.05, 0.1) is 11.6 Å². The molecule has 1 aromatic heterocycles. The van der Waals surface area contributed by atoms with Crippen LogP contribution in [0.4, 0.5) is 0 Å². The summed E-state index contributed by atoms with van der Waals surface area (Å²) in [6.07, 6.45) is 0. The Morgan fingerprint density at radius 1 is 0.914 bits per heavy atom. The average molecular weight is 464 g/mol. The molecule has 0 saturated carbocycles. The number of aryl methyl sites for hydroxylation is 1. The van der Waals surface area contributed by atoms with Crippen LogP contribution in [0.25, 0.3) is 22.9 Å². The van der Waals surface area contributed by atoms with Gasteiger partial charge in [-0.05, 0) is 61.0 Å². The molecular weight excluding hydrogens is 438 g/mol. The predicted octanol–water partition coefficient (Wildman–Crippen LogP) is 4.54. The van der Waals surface area contributed by atoms with E-state index in [1.54, 1.807) is 0 Å². The maximum absolute atomic E-state index is 13.0. The van der Waals surface area contributed by atoms with Crippen LogP contribution in [0.2, 0.25) is 0 Å². The van der Waals surface area contributed by atoms with Gasteiger partial charge in [0.25, 0.3) is 5.91 Å². The molecule has 0 N–H and O–H groups in total. The number of benzene rings is 3. The summed E-state index contributed by atoms with van der Waals surface area (Å²) in [5, 5.41) is 17.3. The third-order valence-electron chi connectivity index (χ3n) is 6.22. The van der Waals surface area contributed by atoms with Gasteiger partial charge in [0.15, 0.2) is 0 Å². The van der Waals surface area contributed by atoms with E-state index in [1.165, 1.54) is 5.56 Å². The number of aromatic nitrogens is 2. The zero-order valence-corrected chi connectivity index (χ0v) is 19.5. The molecule has 1 saturated heterocycles. The van der Waals surface area contributed by atoms with Gasteiger partial charge in [0.2, 0.25) is 11.8 Å². The molecule has 7 nitrogen and oxygen atoms in total. The minimum atomic E-state index is 0.0283. The second-order valence-electron chi connectivity index (χ2n) is 8.74. The third-order valence-corrected chi connectivity index (χ3v) is 6.22. The largest absolute Gasteiger partial charge is 0.416 e. The highest BCUT2D eigenvalue weighted by molar-refractivity contribution is 5.94. The first-order chi connectivity index (χ1) is 17.1. The van der Waals surface area contributed by atoms with E-state index in [9.17, 15) is 4.79 Å². The van der Waals surface area contributed by atoms with E-state index in [1.807, 2.05) is 84.6 Å². The normalized spacial score (nSPS) is 14.0. The Morgan fingerprint density at radius 3 is 2.26 bits per heavy atom. The van der Waals surface area contributed by atoms with Crippen LogP contribution in [0.5, 0.6) is 0 Å². The number of nitriles is 1. The third kappa shape index (κ3) is 5.13. The molecule has 7 heteroatoms. The van der Waals surface area contributed by atoms with Gasteiger partial charge in [0.1, 0.15) is 0 Å². The number of rotatable bonds is 5. The minimum Gasteiger partial charge on any atom is -0.416 e. The Morgan fingerprint density at radius 2 is 1.60 bits per heavy atom. The van der Waals surface area contributed by atoms with Crippen molar-refractivity contribution in [2.75, 3.05) is 26.2 Å². The molecule has 0 radical (unpaired) electrons. The fraction of sp³-hybridized carbons (Fsp3) is 0.214. The van der Waals surface area contributed by atoms with Gasteiger partial charge < -0.3 is 9.32 Å². The van der Waals surface area contributed by atoms with Crippen molar-refractivity contribution in [3.8, 4) is 29.0 Å². The van der Waals surface area contributed by atoms with E-state index < -0.39 is 0 Å². The zero-order valence-electron chi connectivity index (χ0n) is 19.5. The lowest BCUT2D eigenvalue weighted by molar-refractivity contribution is 0.0628. The lowest BCUT2D eigenvalue weighted by Gasteiger charge is -2.34. The fourth-order valence-electron chi connectivity index (χ4n) is 4.22. The smallest absolute Gasteiger partial charge is 0.253 e. The molecule has 0 unspecified atom stereocenters. The van der Waals surface area contributed by atoms with Crippen LogP contribution in [0.15, 0.2) is 77.2 Å². The van der Waals surface area contributed by atoms with Crippen molar-refractivity contribution in [2.24, 2.45) is 0 Å². The zero-order chi connectivity index (χ0) is 24.2. The van der Waals surface area contributed by atoms with Crippen LogP contribution in [-0.4, -0.2) is 52.1 Å². The highest BCUT2D eigenvalue weighted by Gasteiger charge is 2.22. The second kappa shape index (κ2) is 9.92. The van der Waals surface area contributed by atoms with Gasteiger partial charge >= 0.3 is 0 Å². The summed E-state index contributed by atoms with van der Waals surface area (Å²) in [6.45, 7) is 5.82. The first kappa shape index (κ1) is 22.5. The van der Waals surface area contributed by atoms with Crippen molar-refractivity contribution >= 4 is 5.91 Å². The predicted molar refractivity (Wildman–Crippen MR) is 132 cm³/mol. The summed E-state index contributed by atoms with van der Waals surface area (Å²) in [5.74, 6) is 0.931. The van der Waals surface area contributed by atoms with Crippen molar-refractivity contribution in [1.82, 2.24) is 20.0 Å². The molecule has 3 aromatic carbocycles. The van der Waals surface area contributed by atoms with E-state index in [4.69, 9.17) is 9.68 Å². The van der Waals surface area contributed by atoms with Crippen LogP contribution in [-0.2, 0) is 6.54 Å². The number of carbonyl (C=O) groups is 1. The number of nitrogens with zero attached hydrogens (tertiary/aromatic N) is 5. The average Bonchev–Trinajstić information content (AvgIpc) is 3.40. The molecule has 1 aliphatic heterocycles. The van der Waals surface area contributed by atoms with E-state index >= 15 is 0 Å². The van der Waals surface area contributed by atoms with Gasteiger partial charge in [-0.15, -0.1) is 10.2 Å². The molecule has 0 aliphatic carbocycles. The summed E-state index contributed by atoms with van der Waals surface area (Å²) in [6, 6.07) is 25.1. The number of amides is 1. The molecule has 2 heterocycles. The van der Waals surface area contributed by atoms with Gasteiger partial charge in [-0.3, -0.25) is 9.69 Å². The summed E-state index contributed by atoms with van der Waals surface area (Å²) in [5.41, 5.74) is 5.27. The van der Waals surface area contributed by atoms with Crippen molar-refractivity contribution in [3.63, 3.8) is 0 Å².